The van der Waals surface area contributed by atoms with E-state index in [0.717, 1.165) is 23.7 Å². The second kappa shape index (κ2) is 9.02. The van der Waals surface area contributed by atoms with Gasteiger partial charge in [-0.2, -0.15) is 0 Å². The van der Waals surface area contributed by atoms with Gasteiger partial charge in [-0.3, -0.25) is 14.5 Å². The Morgan fingerprint density at radius 1 is 1.07 bits per heavy atom. The van der Waals surface area contributed by atoms with Gasteiger partial charge < -0.3 is 10.6 Å². The van der Waals surface area contributed by atoms with Crippen molar-refractivity contribution in [2.24, 2.45) is 0 Å². The lowest BCUT2D eigenvalue weighted by atomic mass is 10.0. The molecule has 1 aliphatic rings. The van der Waals surface area contributed by atoms with E-state index in [1.807, 2.05) is 24.3 Å². The molecule has 2 N–H and O–H groups in total. The van der Waals surface area contributed by atoms with E-state index >= 15 is 0 Å². The smallest absolute Gasteiger partial charge is 0.251 e. The molecule has 0 unspecified atom stereocenters. The number of carbonyl (C=O) groups excluding carboxylic acids is 2. The Kier molecular flexibility index (Phi) is 6.48. The number of nitrogens with zero attached hydrogens (tertiary/aromatic N) is 1. The highest BCUT2D eigenvalue weighted by atomic mass is 35.5. The summed E-state index contributed by atoms with van der Waals surface area (Å²) in [7, 11) is 0. The maximum absolute atomic E-state index is 12.6. The monoisotopic (exact) mass is 385 g/mol. The molecule has 0 radical (unpaired) electrons. The molecular formula is C21H24ClN3O2. The van der Waals surface area contributed by atoms with Crippen LogP contribution < -0.4 is 10.6 Å². The summed E-state index contributed by atoms with van der Waals surface area (Å²) in [6, 6.07) is 14.7. The normalized spacial score (nSPS) is 15.3. The van der Waals surface area contributed by atoms with Crippen molar-refractivity contribution in [3.8, 4) is 0 Å². The number of likely N-dealkylation sites (tertiary alicyclic amines) is 1. The van der Waals surface area contributed by atoms with Gasteiger partial charge in [0.1, 0.15) is 0 Å². The fraction of sp³-hybridized carbons (Fsp3) is 0.333. The molecule has 1 aliphatic heterocycles. The van der Waals surface area contributed by atoms with Crippen LogP contribution in [-0.4, -0.2) is 36.3 Å². The van der Waals surface area contributed by atoms with Crippen LogP contribution in [0.4, 0.5) is 5.69 Å². The highest BCUT2D eigenvalue weighted by molar-refractivity contribution is 6.31. The molecular weight excluding hydrogens is 362 g/mol. The number of amides is 2. The van der Waals surface area contributed by atoms with E-state index in [1.165, 1.54) is 19.8 Å². The van der Waals surface area contributed by atoms with E-state index in [1.54, 1.807) is 24.3 Å². The van der Waals surface area contributed by atoms with E-state index in [4.69, 9.17) is 11.6 Å². The topological polar surface area (TPSA) is 61.4 Å². The molecule has 0 aliphatic carbocycles. The van der Waals surface area contributed by atoms with Crippen LogP contribution in [0.15, 0.2) is 48.5 Å². The van der Waals surface area contributed by atoms with E-state index in [9.17, 15) is 9.59 Å². The Balaban J connectivity index is 1.68. The lowest BCUT2D eigenvalue weighted by Gasteiger charge is -2.29. The highest BCUT2D eigenvalue weighted by Gasteiger charge is 2.25. The van der Waals surface area contributed by atoms with Crippen molar-refractivity contribution in [1.29, 1.82) is 0 Å². The average Bonchev–Trinajstić information content (AvgIpc) is 3.18. The molecule has 0 bridgehead atoms. The molecule has 2 aromatic carbocycles. The van der Waals surface area contributed by atoms with Crippen LogP contribution in [0.1, 0.15) is 41.7 Å². The van der Waals surface area contributed by atoms with Crippen LogP contribution in [0.5, 0.6) is 0 Å². The second-order valence-corrected chi connectivity index (χ2v) is 7.16. The van der Waals surface area contributed by atoms with Crippen molar-refractivity contribution >= 4 is 29.1 Å². The van der Waals surface area contributed by atoms with E-state index in [2.05, 4.69) is 15.5 Å². The summed E-state index contributed by atoms with van der Waals surface area (Å²) in [5.74, 6) is -0.277. The Morgan fingerprint density at radius 3 is 2.37 bits per heavy atom. The fourth-order valence-corrected chi connectivity index (χ4v) is 3.70. The van der Waals surface area contributed by atoms with Gasteiger partial charge in [0.15, 0.2) is 0 Å². The molecule has 27 heavy (non-hydrogen) atoms. The third-order valence-electron chi connectivity index (χ3n) is 4.77. The van der Waals surface area contributed by atoms with Crippen molar-refractivity contribution < 1.29 is 9.59 Å². The first-order valence-corrected chi connectivity index (χ1v) is 9.57. The Morgan fingerprint density at radius 2 is 1.74 bits per heavy atom. The summed E-state index contributed by atoms with van der Waals surface area (Å²) in [6.45, 7) is 3.97. The summed E-state index contributed by atoms with van der Waals surface area (Å²) in [6.07, 6.45) is 2.33. The van der Waals surface area contributed by atoms with Crippen molar-refractivity contribution in [2.75, 3.05) is 25.0 Å². The Bertz CT molecular complexity index is 801. The van der Waals surface area contributed by atoms with Gasteiger partial charge in [-0.1, -0.05) is 29.8 Å². The lowest BCUT2D eigenvalue weighted by Crippen LogP contribution is -2.37. The van der Waals surface area contributed by atoms with Gasteiger partial charge in [-0.15, -0.1) is 0 Å². The van der Waals surface area contributed by atoms with Gasteiger partial charge in [0.05, 0.1) is 6.04 Å². The Hall–Kier alpha value is -2.37. The van der Waals surface area contributed by atoms with Crippen molar-refractivity contribution in [3.63, 3.8) is 0 Å². The molecule has 1 heterocycles. The van der Waals surface area contributed by atoms with Crippen LogP contribution in [-0.2, 0) is 4.79 Å². The zero-order valence-electron chi connectivity index (χ0n) is 15.4. The van der Waals surface area contributed by atoms with Crippen molar-refractivity contribution in [2.45, 2.75) is 25.8 Å². The third kappa shape index (κ3) is 5.08. The van der Waals surface area contributed by atoms with Crippen LogP contribution in [0.25, 0.3) is 0 Å². The lowest BCUT2D eigenvalue weighted by molar-refractivity contribution is -0.114. The number of anilines is 1. The molecule has 5 nitrogen and oxygen atoms in total. The van der Waals surface area contributed by atoms with Crippen LogP contribution in [0, 0.1) is 0 Å². The first-order valence-electron chi connectivity index (χ1n) is 9.19. The number of rotatable bonds is 6. The van der Waals surface area contributed by atoms with E-state index < -0.39 is 0 Å². The molecule has 3 rings (SSSR count). The summed E-state index contributed by atoms with van der Waals surface area (Å²) in [5, 5.41) is 6.45. The van der Waals surface area contributed by atoms with E-state index in [-0.39, 0.29) is 17.9 Å². The molecule has 2 amide bonds. The molecule has 2 aromatic rings. The van der Waals surface area contributed by atoms with Gasteiger partial charge in [-0.25, -0.2) is 0 Å². The predicted molar refractivity (Wildman–Crippen MR) is 108 cm³/mol. The summed E-state index contributed by atoms with van der Waals surface area (Å²) in [5.41, 5.74) is 2.27. The maximum atomic E-state index is 12.6. The SMILES string of the molecule is CC(=O)Nc1ccc(C(=O)NC[C@@H](c2ccccc2Cl)N2CCCC2)cc1. The largest absolute Gasteiger partial charge is 0.350 e. The number of halogens is 1. The minimum absolute atomic E-state index is 0.0591. The Labute approximate surface area is 164 Å². The summed E-state index contributed by atoms with van der Waals surface area (Å²) in [4.78, 5) is 26.0. The highest BCUT2D eigenvalue weighted by Crippen LogP contribution is 2.29. The first-order chi connectivity index (χ1) is 13.0. The second-order valence-electron chi connectivity index (χ2n) is 6.75. The minimum atomic E-state index is -0.139. The van der Waals surface area contributed by atoms with Crippen LogP contribution in [0.2, 0.25) is 5.02 Å². The minimum Gasteiger partial charge on any atom is -0.350 e. The summed E-state index contributed by atoms with van der Waals surface area (Å²) < 4.78 is 0. The van der Waals surface area contributed by atoms with Gasteiger partial charge in [0.25, 0.3) is 5.91 Å². The molecule has 1 fully saturated rings. The first kappa shape index (κ1) is 19.4. The quantitative estimate of drug-likeness (QED) is 0.793. The molecule has 142 valence electrons. The molecule has 1 atom stereocenters. The number of hydrogen-bond acceptors (Lipinski definition) is 3. The van der Waals surface area contributed by atoms with Gasteiger partial charge in [0.2, 0.25) is 5.91 Å². The van der Waals surface area contributed by atoms with Crippen LogP contribution in [0.3, 0.4) is 0 Å². The fourth-order valence-electron chi connectivity index (χ4n) is 3.43. The number of carbonyl (C=O) groups is 2. The molecule has 0 aromatic heterocycles. The molecule has 6 heteroatoms. The number of hydrogen-bond donors (Lipinski definition) is 2. The standard InChI is InChI=1S/C21H24ClN3O2/c1-15(26)24-17-10-8-16(9-11-17)21(27)23-14-20(25-12-4-5-13-25)18-6-2-3-7-19(18)22/h2-3,6-11,20H,4-5,12-14H2,1H3,(H,23,27)(H,24,26)/t20-/m0/s1. The molecule has 0 saturated carbocycles. The third-order valence-corrected chi connectivity index (χ3v) is 5.11. The number of nitrogens with one attached hydrogen (secondary N) is 2. The van der Waals surface area contributed by atoms with Gasteiger partial charge in [-0.05, 0) is 61.8 Å². The molecule has 1 saturated heterocycles. The van der Waals surface area contributed by atoms with E-state index in [0.29, 0.717) is 17.8 Å². The molecule has 0 spiro atoms. The summed E-state index contributed by atoms with van der Waals surface area (Å²) >= 11 is 6.41. The van der Waals surface area contributed by atoms with Crippen molar-refractivity contribution in [1.82, 2.24) is 10.2 Å². The zero-order valence-corrected chi connectivity index (χ0v) is 16.1. The van der Waals surface area contributed by atoms with Gasteiger partial charge >= 0.3 is 0 Å². The van der Waals surface area contributed by atoms with Gasteiger partial charge in [0, 0.05) is 29.7 Å². The maximum Gasteiger partial charge on any atom is 0.251 e. The van der Waals surface area contributed by atoms with Crippen LogP contribution >= 0.6 is 11.6 Å². The average molecular weight is 386 g/mol. The zero-order chi connectivity index (χ0) is 19.2. The number of benzene rings is 2. The van der Waals surface area contributed by atoms with Crippen molar-refractivity contribution in [3.05, 3.63) is 64.7 Å². The predicted octanol–water partition coefficient (Wildman–Crippen LogP) is 3.87.